The highest BCUT2D eigenvalue weighted by molar-refractivity contribution is 6.04. The maximum Gasteiger partial charge on any atom is 0.262 e. The van der Waals surface area contributed by atoms with Gasteiger partial charge in [-0.15, -0.1) is 0 Å². The SMILES string of the molecule is NCCCCCCNc1ccc(NC(=O)c2ccc(CN(C(=O)c3ccc4c(c3)OCC(=O)N4)C3CC3)cc2)cc1. The summed E-state index contributed by atoms with van der Waals surface area (Å²) in [5, 5.41) is 9.11. The summed E-state index contributed by atoms with van der Waals surface area (Å²) in [7, 11) is 0. The molecule has 0 aromatic heterocycles. The van der Waals surface area contributed by atoms with Gasteiger partial charge < -0.3 is 31.3 Å². The average molecular weight is 556 g/mol. The fourth-order valence-electron chi connectivity index (χ4n) is 4.81. The molecule has 1 aliphatic heterocycles. The monoisotopic (exact) mass is 555 g/mol. The molecule has 5 N–H and O–H groups in total. The third-order valence-electron chi connectivity index (χ3n) is 7.28. The average Bonchev–Trinajstić information content (AvgIpc) is 3.84. The summed E-state index contributed by atoms with van der Waals surface area (Å²) in [6.45, 7) is 2.05. The van der Waals surface area contributed by atoms with Crippen molar-refractivity contribution in [2.24, 2.45) is 5.73 Å². The second kappa shape index (κ2) is 13.3. The molecule has 5 rings (SSSR count). The number of ether oxygens (including phenoxy) is 1. The van der Waals surface area contributed by atoms with Crippen molar-refractivity contribution >= 4 is 34.8 Å². The molecule has 1 saturated carbocycles. The van der Waals surface area contributed by atoms with Crippen molar-refractivity contribution in [3.63, 3.8) is 0 Å². The molecule has 9 heteroatoms. The molecular weight excluding hydrogens is 518 g/mol. The van der Waals surface area contributed by atoms with Gasteiger partial charge in [-0.05, 0) is 92.4 Å². The van der Waals surface area contributed by atoms with Gasteiger partial charge in [0.05, 0.1) is 5.69 Å². The van der Waals surface area contributed by atoms with E-state index in [1.807, 2.05) is 41.3 Å². The third-order valence-corrected chi connectivity index (χ3v) is 7.28. The Bertz CT molecular complexity index is 1370. The lowest BCUT2D eigenvalue weighted by Crippen LogP contribution is -2.33. The molecule has 0 unspecified atom stereocenters. The first-order valence-corrected chi connectivity index (χ1v) is 14.3. The van der Waals surface area contributed by atoms with Crippen LogP contribution >= 0.6 is 0 Å². The van der Waals surface area contributed by atoms with Gasteiger partial charge in [-0.2, -0.15) is 0 Å². The lowest BCUT2D eigenvalue weighted by Gasteiger charge is -2.24. The second-order valence-corrected chi connectivity index (χ2v) is 10.6. The van der Waals surface area contributed by atoms with E-state index in [0.717, 1.165) is 68.6 Å². The molecule has 2 aliphatic rings. The largest absolute Gasteiger partial charge is 0.482 e. The molecule has 1 heterocycles. The fourth-order valence-corrected chi connectivity index (χ4v) is 4.81. The molecule has 1 fully saturated rings. The molecule has 9 nitrogen and oxygen atoms in total. The molecular formula is C32H37N5O4. The van der Waals surface area contributed by atoms with E-state index in [1.54, 1.807) is 30.3 Å². The van der Waals surface area contributed by atoms with Gasteiger partial charge in [0.1, 0.15) is 5.75 Å². The van der Waals surface area contributed by atoms with Crippen molar-refractivity contribution in [3.05, 3.63) is 83.4 Å². The van der Waals surface area contributed by atoms with Crippen molar-refractivity contribution in [2.75, 3.05) is 35.6 Å². The Kier molecular flexibility index (Phi) is 9.15. The van der Waals surface area contributed by atoms with Crippen LogP contribution in [-0.2, 0) is 11.3 Å². The molecule has 3 amide bonds. The van der Waals surface area contributed by atoms with Crippen LogP contribution in [0.4, 0.5) is 17.1 Å². The highest BCUT2D eigenvalue weighted by Crippen LogP contribution is 2.33. The topological polar surface area (TPSA) is 126 Å². The molecule has 0 saturated heterocycles. The van der Waals surface area contributed by atoms with Crippen LogP contribution in [0, 0.1) is 0 Å². The molecule has 0 atom stereocenters. The summed E-state index contributed by atoms with van der Waals surface area (Å²) in [6, 6.07) is 20.4. The van der Waals surface area contributed by atoms with Crippen LogP contribution in [0.1, 0.15) is 64.8 Å². The summed E-state index contributed by atoms with van der Waals surface area (Å²) in [5.74, 6) is 0.0245. The summed E-state index contributed by atoms with van der Waals surface area (Å²) < 4.78 is 5.49. The van der Waals surface area contributed by atoms with E-state index < -0.39 is 0 Å². The maximum atomic E-state index is 13.4. The number of carbonyl (C=O) groups excluding carboxylic acids is 3. The van der Waals surface area contributed by atoms with E-state index in [9.17, 15) is 14.4 Å². The minimum Gasteiger partial charge on any atom is -0.482 e. The molecule has 41 heavy (non-hydrogen) atoms. The van der Waals surface area contributed by atoms with Crippen LogP contribution in [-0.4, -0.2) is 48.4 Å². The second-order valence-electron chi connectivity index (χ2n) is 10.6. The number of amides is 3. The van der Waals surface area contributed by atoms with Gasteiger partial charge in [0.25, 0.3) is 17.7 Å². The van der Waals surface area contributed by atoms with Crippen LogP contribution in [0.25, 0.3) is 0 Å². The zero-order valence-electron chi connectivity index (χ0n) is 23.2. The maximum absolute atomic E-state index is 13.4. The van der Waals surface area contributed by atoms with Gasteiger partial charge in [-0.1, -0.05) is 25.0 Å². The van der Waals surface area contributed by atoms with Gasteiger partial charge in [0, 0.05) is 41.6 Å². The number of hydrogen-bond donors (Lipinski definition) is 4. The first-order chi connectivity index (χ1) is 20.0. The minimum atomic E-state index is -0.209. The number of rotatable bonds is 13. The normalized spacial score (nSPS) is 13.9. The Labute approximate surface area is 240 Å². The number of nitrogens with one attached hydrogen (secondary N) is 3. The van der Waals surface area contributed by atoms with E-state index in [4.69, 9.17) is 10.5 Å². The zero-order chi connectivity index (χ0) is 28.6. The fraction of sp³-hybridized carbons (Fsp3) is 0.344. The van der Waals surface area contributed by atoms with E-state index >= 15 is 0 Å². The lowest BCUT2D eigenvalue weighted by molar-refractivity contribution is -0.118. The van der Waals surface area contributed by atoms with E-state index in [1.165, 1.54) is 0 Å². The molecule has 0 spiro atoms. The van der Waals surface area contributed by atoms with E-state index in [0.29, 0.717) is 29.1 Å². The number of nitrogens with two attached hydrogens (primary N) is 1. The van der Waals surface area contributed by atoms with Crippen molar-refractivity contribution in [3.8, 4) is 5.75 Å². The molecule has 3 aromatic carbocycles. The Morgan fingerprint density at radius 3 is 2.34 bits per heavy atom. The standard InChI is InChI=1S/C32H37N5O4/c33-17-3-1-2-4-18-34-25-10-12-26(13-11-25)35-31(39)23-7-5-22(6-8-23)20-37(27-14-15-27)32(40)24-9-16-28-29(19-24)41-21-30(38)36-28/h5-13,16,19,27,34H,1-4,14-15,17-18,20-21,33H2,(H,35,39)(H,36,38). The van der Waals surface area contributed by atoms with Gasteiger partial charge in [-0.25, -0.2) is 0 Å². The van der Waals surface area contributed by atoms with Gasteiger partial charge in [0.15, 0.2) is 6.61 Å². The molecule has 1 aliphatic carbocycles. The Morgan fingerprint density at radius 2 is 1.61 bits per heavy atom. The van der Waals surface area contributed by atoms with Crippen LogP contribution in [0.2, 0.25) is 0 Å². The summed E-state index contributed by atoms with van der Waals surface area (Å²) >= 11 is 0. The first-order valence-electron chi connectivity index (χ1n) is 14.3. The molecule has 214 valence electrons. The van der Waals surface area contributed by atoms with Crippen molar-refractivity contribution in [1.82, 2.24) is 4.90 Å². The zero-order valence-corrected chi connectivity index (χ0v) is 23.2. The van der Waals surface area contributed by atoms with Crippen LogP contribution < -0.4 is 26.4 Å². The summed E-state index contributed by atoms with van der Waals surface area (Å²) in [6.07, 6.45) is 6.43. The van der Waals surface area contributed by atoms with Crippen LogP contribution in [0.5, 0.6) is 5.75 Å². The Balaban J connectivity index is 1.14. The molecule has 3 aromatic rings. The molecule has 0 bridgehead atoms. The van der Waals surface area contributed by atoms with Crippen molar-refractivity contribution in [2.45, 2.75) is 51.1 Å². The van der Waals surface area contributed by atoms with Crippen LogP contribution in [0.15, 0.2) is 66.7 Å². The van der Waals surface area contributed by atoms with Gasteiger partial charge in [0.2, 0.25) is 0 Å². The van der Waals surface area contributed by atoms with Crippen molar-refractivity contribution in [1.29, 1.82) is 0 Å². The first kappa shape index (κ1) is 28.2. The smallest absolute Gasteiger partial charge is 0.262 e. The highest BCUT2D eigenvalue weighted by Gasteiger charge is 2.33. The Hall–Kier alpha value is -4.37. The van der Waals surface area contributed by atoms with Gasteiger partial charge >= 0.3 is 0 Å². The summed E-state index contributed by atoms with van der Waals surface area (Å²) in [5.41, 5.74) is 9.87. The number of nitrogens with zero attached hydrogens (tertiary/aromatic N) is 1. The number of fused-ring (bicyclic) bond motifs is 1. The van der Waals surface area contributed by atoms with Crippen LogP contribution in [0.3, 0.4) is 0 Å². The number of benzene rings is 3. The number of anilines is 3. The molecule has 0 radical (unpaired) electrons. The van der Waals surface area contributed by atoms with E-state index in [-0.39, 0.29) is 30.4 Å². The number of unbranched alkanes of at least 4 members (excludes halogenated alkanes) is 3. The predicted molar refractivity (Wildman–Crippen MR) is 160 cm³/mol. The number of carbonyl (C=O) groups is 3. The summed E-state index contributed by atoms with van der Waals surface area (Å²) in [4.78, 5) is 39.7. The predicted octanol–water partition coefficient (Wildman–Crippen LogP) is 5.01. The number of hydrogen-bond acceptors (Lipinski definition) is 6. The Morgan fingerprint density at radius 1 is 0.902 bits per heavy atom. The highest BCUT2D eigenvalue weighted by atomic mass is 16.5. The van der Waals surface area contributed by atoms with Gasteiger partial charge in [-0.3, -0.25) is 14.4 Å². The lowest BCUT2D eigenvalue weighted by atomic mass is 10.1. The minimum absolute atomic E-state index is 0.0598. The third kappa shape index (κ3) is 7.64. The van der Waals surface area contributed by atoms with Crippen molar-refractivity contribution < 1.29 is 19.1 Å². The van der Waals surface area contributed by atoms with E-state index in [2.05, 4.69) is 16.0 Å². The quantitative estimate of drug-likeness (QED) is 0.220.